The number of nitrogens with one attached hydrogen (secondary N) is 1. The summed E-state index contributed by atoms with van der Waals surface area (Å²) < 4.78 is 5.33. The van der Waals surface area contributed by atoms with Crippen molar-refractivity contribution in [3.8, 4) is 0 Å². The predicted octanol–water partition coefficient (Wildman–Crippen LogP) is 2.84. The lowest BCUT2D eigenvalue weighted by Gasteiger charge is -2.19. The lowest BCUT2D eigenvalue weighted by Crippen LogP contribution is -2.86. The van der Waals surface area contributed by atoms with Crippen molar-refractivity contribution in [1.82, 2.24) is 0 Å². The Kier molecular flexibility index (Phi) is 5.03. The number of rotatable bonds is 5. The predicted molar refractivity (Wildman–Crippen MR) is 87.7 cm³/mol. The molecule has 0 saturated carbocycles. The van der Waals surface area contributed by atoms with E-state index in [-0.39, 0.29) is 17.4 Å². The van der Waals surface area contributed by atoms with E-state index in [2.05, 4.69) is 38.2 Å². The number of amides is 1. The molecular formula is C18H25N2O2+. The summed E-state index contributed by atoms with van der Waals surface area (Å²) in [6.07, 6.45) is 1.65. The zero-order valence-electron chi connectivity index (χ0n) is 13.7. The van der Waals surface area contributed by atoms with E-state index in [1.54, 1.807) is 6.26 Å². The lowest BCUT2D eigenvalue weighted by atomic mass is 9.87. The van der Waals surface area contributed by atoms with Gasteiger partial charge in [-0.15, -0.1) is 0 Å². The van der Waals surface area contributed by atoms with E-state index in [0.717, 1.165) is 11.4 Å². The highest BCUT2D eigenvalue weighted by atomic mass is 16.3. The van der Waals surface area contributed by atoms with Crippen LogP contribution in [0.4, 0.5) is 5.69 Å². The molecule has 4 nitrogen and oxygen atoms in total. The Morgan fingerprint density at radius 1 is 1.23 bits per heavy atom. The largest absolute Gasteiger partial charge is 0.463 e. The molecule has 0 aliphatic rings. The summed E-state index contributed by atoms with van der Waals surface area (Å²) in [5, 5.41) is 4.88. The molecule has 1 amide bonds. The minimum absolute atomic E-state index is 0.0121. The summed E-state index contributed by atoms with van der Waals surface area (Å²) in [6, 6.07) is 11.9. The van der Waals surface area contributed by atoms with Crippen molar-refractivity contribution in [1.29, 1.82) is 0 Å². The molecule has 3 N–H and O–H groups in total. The van der Waals surface area contributed by atoms with Gasteiger partial charge in [0.15, 0.2) is 12.3 Å². The maximum atomic E-state index is 12.0. The van der Waals surface area contributed by atoms with E-state index >= 15 is 0 Å². The van der Waals surface area contributed by atoms with E-state index < -0.39 is 0 Å². The van der Waals surface area contributed by atoms with Crippen molar-refractivity contribution in [2.45, 2.75) is 39.2 Å². The quantitative estimate of drug-likeness (QED) is 0.892. The van der Waals surface area contributed by atoms with E-state index in [9.17, 15) is 4.79 Å². The van der Waals surface area contributed by atoms with Crippen LogP contribution in [0.2, 0.25) is 0 Å². The second kappa shape index (κ2) is 6.79. The van der Waals surface area contributed by atoms with Gasteiger partial charge in [-0.3, -0.25) is 4.79 Å². The first-order valence-electron chi connectivity index (χ1n) is 7.63. The Labute approximate surface area is 131 Å². The van der Waals surface area contributed by atoms with E-state index in [4.69, 9.17) is 4.42 Å². The molecule has 1 atom stereocenters. The van der Waals surface area contributed by atoms with Gasteiger partial charge in [0.1, 0.15) is 6.04 Å². The molecule has 0 bridgehead atoms. The third kappa shape index (κ3) is 4.46. The maximum Gasteiger partial charge on any atom is 0.279 e. The molecule has 1 heterocycles. The highest BCUT2D eigenvalue weighted by molar-refractivity contribution is 5.91. The third-order valence-electron chi connectivity index (χ3n) is 3.68. The monoisotopic (exact) mass is 301 g/mol. The zero-order chi connectivity index (χ0) is 16.2. The SMILES string of the molecule is C[C@H]([NH2+]CC(=O)Nc1ccc(C(C)(C)C)cc1)c1ccco1. The number of quaternary nitrogens is 1. The number of anilines is 1. The molecule has 1 aromatic carbocycles. The Morgan fingerprint density at radius 2 is 1.91 bits per heavy atom. The van der Waals surface area contributed by atoms with Crippen molar-refractivity contribution in [3.05, 3.63) is 54.0 Å². The number of hydrogen-bond donors (Lipinski definition) is 2. The van der Waals surface area contributed by atoms with Gasteiger partial charge >= 0.3 is 0 Å². The second-order valence-corrected chi connectivity index (χ2v) is 6.62. The molecule has 0 fully saturated rings. The summed E-state index contributed by atoms with van der Waals surface area (Å²) in [6.45, 7) is 8.90. The Morgan fingerprint density at radius 3 is 2.45 bits per heavy atom. The molecule has 4 heteroatoms. The number of hydrogen-bond acceptors (Lipinski definition) is 2. The molecular weight excluding hydrogens is 276 g/mol. The fourth-order valence-electron chi connectivity index (χ4n) is 2.22. The van der Waals surface area contributed by atoms with Crippen LogP contribution >= 0.6 is 0 Å². The molecule has 0 unspecified atom stereocenters. The molecule has 1 aromatic heterocycles. The van der Waals surface area contributed by atoms with Crippen LogP contribution in [0, 0.1) is 0 Å². The van der Waals surface area contributed by atoms with E-state index in [1.165, 1.54) is 5.56 Å². The van der Waals surface area contributed by atoms with Gasteiger partial charge in [-0.05, 0) is 42.2 Å². The van der Waals surface area contributed by atoms with Crippen LogP contribution in [0.15, 0.2) is 47.1 Å². The molecule has 0 aliphatic heterocycles. The smallest absolute Gasteiger partial charge is 0.279 e. The van der Waals surface area contributed by atoms with Gasteiger partial charge in [0.25, 0.3) is 5.91 Å². The summed E-state index contributed by atoms with van der Waals surface area (Å²) in [7, 11) is 0. The van der Waals surface area contributed by atoms with E-state index in [0.29, 0.717) is 6.54 Å². The van der Waals surface area contributed by atoms with Crippen molar-refractivity contribution < 1.29 is 14.5 Å². The van der Waals surface area contributed by atoms with Crippen LogP contribution in [0.3, 0.4) is 0 Å². The number of benzene rings is 1. The van der Waals surface area contributed by atoms with Crippen LogP contribution in [0.25, 0.3) is 0 Å². The molecule has 0 spiro atoms. The zero-order valence-corrected chi connectivity index (χ0v) is 13.7. The average Bonchev–Trinajstić information content (AvgIpc) is 2.98. The number of nitrogens with two attached hydrogens (primary N) is 1. The second-order valence-electron chi connectivity index (χ2n) is 6.62. The average molecular weight is 301 g/mol. The topological polar surface area (TPSA) is 58.9 Å². The molecule has 0 saturated heterocycles. The summed E-state index contributed by atoms with van der Waals surface area (Å²) in [5.74, 6) is 0.865. The minimum Gasteiger partial charge on any atom is -0.463 e. The van der Waals surface area contributed by atoms with Crippen LogP contribution in [0.5, 0.6) is 0 Å². The van der Waals surface area contributed by atoms with Crippen molar-refractivity contribution in [3.63, 3.8) is 0 Å². The van der Waals surface area contributed by atoms with Gasteiger partial charge in [0, 0.05) is 5.69 Å². The van der Waals surface area contributed by atoms with Gasteiger partial charge in [-0.2, -0.15) is 0 Å². The normalized spacial score (nSPS) is 12.9. The first-order valence-corrected chi connectivity index (χ1v) is 7.63. The standard InChI is InChI=1S/C18H24N2O2/c1-13(16-6-5-11-22-16)19-12-17(21)20-15-9-7-14(8-10-15)18(2,3)4/h5-11,13,19H,12H2,1-4H3,(H,20,21)/p+1/t13-/m0/s1. The van der Waals surface area contributed by atoms with Gasteiger partial charge in [-0.25, -0.2) is 0 Å². The van der Waals surface area contributed by atoms with Crippen LogP contribution < -0.4 is 10.6 Å². The molecule has 22 heavy (non-hydrogen) atoms. The van der Waals surface area contributed by atoms with Gasteiger partial charge < -0.3 is 15.1 Å². The summed E-state index contributed by atoms with van der Waals surface area (Å²) in [4.78, 5) is 12.0. The van der Waals surface area contributed by atoms with Gasteiger partial charge in [-0.1, -0.05) is 32.9 Å². The van der Waals surface area contributed by atoms with Crippen molar-refractivity contribution >= 4 is 11.6 Å². The maximum absolute atomic E-state index is 12.0. The molecule has 2 rings (SSSR count). The highest BCUT2D eigenvalue weighted by Gasteiger charge is 2.15. The first-order chi connectivity index (χ1) is 10.4. The highest BCUT2D eigenvalue weighted by Crippen LogP contribution is 2.23. The molecule has 0 aliphatic carbocycles. The Balaban J connectivity index is 1.84. The first kappa shape index (κ1) is 16.3. The summed E-state index contributed by atoms with van der Waals surface area (Å²) in [5.41, 5.74) is 2.20. The fourth-order valence-corrected chi connectivity index (χ4v) is 2.22. The third-order valence-corrected chi connectivity index (χ3v) is 3.68. The Hall–Kier alpha value is -2.07. The molecule has 2 aromatic rings. The van der Waals surface area contributed by atoms with E-state index in [1.807, 2.05) is 36.5 Å². The number of carbonyl (C=O) groups excluding carboxylic acids is 1. The van der Waals surface area contributed by atoms with Crippen LogP contribution in [-0.4, -0.2) is 12.5 Å². The number of furan rings is 1. The Bertz CT molecular complexity index is 595. The van der Waals surface area contributed by atoms with Crippen LogP contribution in [0.1, 0.15) is 45.1 Å². The van der Waals surface area contributed by atoms with Gasteiger partial charge in [0.05, 0.1) is 6.26 Å². The van der Waals surface area contributed by atoms with Crippen molar-refractivity contribution in [2.75, 3.05) is 11.9 Å². The minimum atomic E-state index is -0.0121. The molecule has 118 valence electrons. The van der Waals surface area contributed by atoms with Crippen LogP contribution in [-0.2, 0) is 10.2 Å². The fraction of sp³-hybridized carbons (Fsp3) is 0.389. The number of carbonyl (C=O) groups is 1. The summed E-state index contributed by atoms with van der Waals surface area (Å²) >= 11 is 0. The molecule has 0 radical (unpaired) electrons. The van der Waals surface area contributed by atoms with Gasteiger partial charge in [0.2, 0.25) is 0 Å². The lowest BCUT2D eigenvalue weighted by molar-refractivity contribution is -0.684. The van der Waals surface area contributed by atoms with Crippen molar-refractivity contribution in [2.24, 2.45) is 0 Å².